The molecule has 0 bridgehead atoms. The van der Waals surface area contributed by atoms with Crippen molar-refractivity contribution < 1.29 is 37.9 Å². The summed E-state index contributed by atoms with van der Waals surface area (Å²) in [5.41, 5.74) is -0.178. The third-order valence-electron chi connectivity index (χ3n) is 6.93. The maximum Gasteiger partial charge on any atom is 0.524 e. The summed E-state index contributed by atoms with van der Waals surface area (Å²) in [6, 6.07) is 7.89. The van der Waals surface area contributed by atoms with Crippen LogP contribution < -0.4 is 5.32 Å². The van der Waals surface area contributed by atoms with Gasteiger partial charge in [0.1, 0.15) is 25.4 Å². The minimum atomic E-state index is -1.81. The van der Waals surface area contributed by atoms with Gasteiger partial charge in [-0.3, -0.25) is 4.79 Å². The van der Waals surface area contributed by atoms with Gasteiger partial charge in [-0.15, -0.1) is 4.48 Å². The van der Waals surface area contributed by atoms with Crippen LogP contribution in [0.1, 0.15) is 78.2 Å². The number of rotatable bonds is 13. The molecule has 1 fully saturated rings. The molecule has 0 aliphatic carbocycles. The second kappa shape index (κ2) is 16.8. The first kappa shape index (κ1) is 36.3. The lowest BCUT2D eigenvalue weighted by molar-refractivity contribution is -0.806. The molecule has 0 saturated carbocycles. The van der Waals surface area contributed by atoms with Crippen LogP contribution in [0.2, 0.25) is 0 Å². The van der Waals surface area contributed by atoms with Crippen molar-refractivity contribution in [3.63, 3.8) is 0 Å². The van der Waals surface area contributed by atoms with Crippen molar-refractivity contribution >= 4 is 58.7 Å². The van der Waals surface area contributed by atoms with E-state index in [1.165, 1.54) is 0 Å². The molecule has 9 nitrogen and oxygen atoms in total. The van der Waals surface area contributed by atoms with Crippen molar-refractivity contribution in [1.29, 1.82) is 0 Å². The lowest BCUT2D eigenvalue weighted by Crippen LogP contribution is -2.74. The van der Waals surface area contributed by atoms with Gasteiger partial charge in [-0.25, -0.2) is 9.59 Å². The van der Waals surface area contributed by atoms with Crippen molar-refractivity contribution in [3.05, 3.63) is 35.9 Å². The number of esters is 2. The average molecular weight is 651 g/mol. The quantitative estimate of drug-likeness (QED) is 0.0877. The molecule has 1 aliphatic heterocycles. The van der Waals surface area contributed by atoms with Gasteiger partial charge in [-0.1, -0.05) is 104 Å². The summed E-state index contributed by atoms with van der Waals surface area (Å²) in [5.74, 6) is -2.99. The van der Waals surface area contributed by atoms with Crippen LogP contribution in [0.5, 0.6) is 0 Å². The fourth-order valence-electron chi connectivity index (χ4n) is 4.87. The van der Waals surface area contributed by atoms with E-state index in [0.717, 1.165) is 31.2 Å². The lowest BCUT2D eigenvalue weighted by Gasteiger charge is -2.42. The zero-order chi connectivity index (χ0) is 31.4. The van der Waals surface area contributed by atoms with Crippen LogP contribution in [0.4, 0.5) is 4.79 Å². The molecule has 1 aliphatic rings. The monoisotopic (exact) mass is 649 g/mol. The number of ether oxygens (including phenoxy) is 3. The van der Waals surface area contributed by atoms with Gasteiger partial charge >= 0.3 is 23.9 Å². The summed E-state index contributed by atoms with van der Waals surface area (Å²) in [6.45, 7) is 6.90. The molecule has 2 rings (SSSR count). The lowest BCUT2D eigenvalue weighted by atomic mass is 9.93. The largest absolute Gasteiger partial charge is 0.524 e. The average Bonchev–Trinajstić information content (AvgIpc) is 2.92. The number of nitrogens with one attached hydrogen (secondary N) is 1. The fraction of sp³-hybridized carbons (Fsp3) is 0.667. The van der Waals surface area contributed by atoms with Gasteiger partial charge < -0.3 is 19.5 Å². The first-order valence-corrected chi connectivity index (χ1v) is 15.6. The Labute approximate surface area is 264 Å². The molecule has 2 amide bonds. The summed E-state index contributed by atoms with van der Waals surface area (Å²) in [6.07, 6.45) is 3.66. The minimum Gasteiger partial charge on any atom is -0.461 e. The molecule has 1 heterocycles. The first-order chi connectivity index (χ1) is 19.7. The summed E-state index contributed by atoms with van der Waals surface area (Å²) in [5, 5.41) is 3.11. The number of hydrogen-bond donors (Lipinski definition) is 1. The van der Waals surface area contributed by atoms with Gasteiger partial charge in [-0.2, -0.15) is 4.79 Å². The number of hydrogen-bond acceptors (Lipinski definition) is 8. The number of halogens is 3. The number of amides is 2. The zero-order valence-corrected chi connectivity index (χ0v) is 27.2. The van der Waals surface area contributed by atoms with Gasteiger partial charge in [0.15, 0.2) is 0 Å². The fourth-order valence-corrected chi connectivity index (χ4v) is 5.03. The summed E-state index contributed by atoms with van der Waals surface area (Å²) < 4.78 is 13.8. The number of imide groups is 1. The van der Waals surface area contributed by atoms with Gasteiger partial charge in [0.25, 0.3) is 0 Å². The zero-order valence-electron chi connectivity index (χ0n) is 25.0. The SMILES string of the molecule is CCCCCCC[C@H](CC(=O)OCC(Cl)(Cl)Cl)C(=O)[N@+]1(C(=O)OC(C)(C)C)CCNCC1C(=O)OCc1ccccc1. The van der Waals surface area contributed by atoms with Crippen LogP contribution in [0.3, 0.4) is 0 Å². The highest BCUT2D eigenvalue weighted by Gasteiger charge is 2.60. The van der Waals surface area contributed by atoms with E-state index in [2.05, 4.69) is 12.2 Å². The second-order valence-corrected chi connectivity index (χ2v) is 14.1. The minimum absolute atomic E-state index is 0.0134. The van der Waals surface area contributed by atoms with Crippen LogP contribution in [-0.2, 0) is 35.2 Å². The van der Waals surface area contributed by atoms with E-state index < -0.39 is 56.4 Å². The Morgan fingerprint density at radius 3 is 2.29 bits per heavy atom. The Morgan fingerprint density at radius 2 is 1.67 bits per heavy atom. The summed E-state index contributed by atoms with van der Waals surface area (Å²) in [4.78, 5) is 54.9. The van der Waals surface area contributed by atoms with E-state index in [0.29, 0.717) is 12.8 Å². The Morgan fingerprint density at radius 1 is 1.00 bits per heavy atom. The number of alkyl halides is 3. The van der Waals surface area contributed by atoms with E-state index in [4.69, 9.17) is 49.0 Å². The molecule has 1 aromatic carbocycles. The van der Waals surface area contributed by atoms with E-state index in [1.807, 2.05) is 30.3 Å². The Hall–Kier alpha value is -1.91. The number of quaternary nitrogens is 1. The maximum atomic E-state index is 14.5. The van der Waals surface area contributed by atoms with Gasteiger partial charge in [0.05, 0.1) is 18.9 Å². The molecule has 1 saturated heterocycles. The van der Waals surface area contributed by atoms with Crippen molar-refractivity contribution in [2.45, 2.75) is 94.7 Å². The number of carbonyl (C=O) groups is 4. The van der Waals surface area contributed by atoms with Crippen LogP contribution in [0.25, 0.3) is 0 Å². The number of unbranched alkanes of at least 4 members (excludes halogenated alkanes) is 4. The highest BCUT2D eigenvalue weighted by atomic mass is 35.6. The predicted octanol–water partition coefficient (Wildman–Crippen LogP) is 6.26. The molecule has 0 aromatic heterocycles. The Bertz CT molecular complexity index is 1040. The highest BCUT2D eigenvalue weighted by molar-refractivity contribution is 6.67. The normalized spacial score (nSPS) is 19.9. The number of benzene rings is 1. The van der Waals surface area contributed by atoms with Crippen LogP contribution in [0, 0.1) is 5.92 Å². The van der Waals surface area contributed by atoms with Crippen molar-refractivity contribution in [1.82, 2.24) is 5.32 Å². The molecule has 1 unspecified atom stereocenters. The smallest absolute Gasteiger partial charge is 0.461 e. The molecule has 0 spiro atoms. The molecular formula is C30H44Cl3N2O7+. The third kappa shape index (κ3) is 11.6. The summed E-state index contributed by atoms with van der Waals surface area (Å²) >= 11 is 17.2. The van der Waals surface area contributed by atoms with Gasteiger partial charge in [0.2, 0.25) is 9.83 Å². The topological polar surface area (TPSA) is 108 Å². The molecule has 1 N–H and O–H groups in total. The number of carbonyl (C=O) groups excluding carboxylic acids is 4. The molecule has 1 aromatic rings. The van der Waals surface area contributed by atoms with Gasteiger partial charge in [-0.05, 0) is 32.8 Å². The Kier molecular flexibility index (Phi) is 14.5. The molecule has 3 atom stereocenters. The van der Waals surface area contributed by atoms with E-state index in [-0.39, 0.29) is 32.7 Å². The Balaban J connectivity index is 2.43. The van der Waals surface area contributed by atoms with E-state index in [1.54, 1.807) is 20.8 Å². The predicted molar refractivity (Wildman–Crippen MR) is 162 cm³/mol. The third-order valence-corrected chi connectivity index (χ3v) is 7.26. The highest BCUT2D eigenvalue weighted by Crippen LogP contribution is 2.31. The van der Waals surface area contributed by atoms with Gasteiger partial charge in [0, 0.05) is 6.54 Å². The first-order valence-electron chi connectivity index (χ1n) is 14.5. The number of piperazine rings is 1. The van der Waals surface area contributed by atoms with Crippen LogP contribution in [0.15, 0.2) is 30.3 Å². The van der Waals surface area contributed by atoms with E-state index in [9.17, 15) is 19.2 Å². The molecule has 12 heteroatoms. The van der Waals surface area contributed by atoms with Crippen molar-refractivity contribution in [2.24, 2.45) is 5.92 Å². The summed E-state index contributed by atoms with van der Waals surface area (Å²) in [7, 11) is 0. The molecule has 0 radical (unpaired) electrons. The maximum absolute atomic E-state index is 14.5. The number of nitrogens with zero attached hydrogens (tertiary/aromatic N) is 1. The molecular weight excluding hydrogens is 607 g/mol. The second-order valence-electron chi connectivity index (χ2n) is 11.6. The van der Waals surface area contributed by atoms with Crippen molar-refractivity contribution in [2.75, 3.05) is 26.2 Å². The molecule has 42 heavy (non-hydrogen) atoms. The van der Waals surface area contributed by atoms with Crippen molar-refractivity contribution in [3.8, 4) is 0 Å². The van der Waals surface area contributed by atoms with E-state index >= 15 is 0 Å². The standard InChI is InChI=1S/C30H44Cl3N2O7/c1-5-6-7-8-12-15-23(18-25(36)41-21-30(31,32)33)26(37)35(28(39)42-29(2,3)4)17-16-34-19-24(35)27(38)40-20-22-13-10-9-11-14-22/h9-11,13-14,23-24,34H,5-8,12,15-21H2,1-4H3/q+1/t23-,24?,35+/m1/s1. The van der Waals surface area contributed by atoms with Crippen LogP contribution >= 0.6 is 34.8 Å². The van der Waals surface area contributed by atoms with Crippen LogP contribution in [-0.4, -0.2) is 70.1 Å². The molecule has 236 valence electrons.